The Morgan fingerprint density at radius 2 is 2.29 bits per heavy atom. The number of nitriles is 1. The van der Waals surface area contributed by atoms with Gasteiger partial charge in [-0.2, -0.15) is 10.2 Å². The number of nitrogens with zero attached hydrogens (tertiary/aromatic N) is 5. The van der Waals surface area contributed by atoms with E-state index in [1.165, 1.54) is 0 Å². The maximum atomic E-state index is 8.70. The van der Waals surface area contributed by atoms with E-state index in [1.807, 2.05) is 0 Å². The average molecular weight is 229 g/mol. The molecule has 17 heavy (non-hydrogen) atoms. The van der Waals surface area contributed by atoms with Crippen LogP contribution in [0.4, 0.5) is 0 Å². The second-order valence-corrected chi connectivity index (χ2v) is 3.74. The molecule has 2 aromatic heterocycles. The lowest BCUT2D eigenvalue weighted by Gasteiger charge is -1.94. The van der Waals surface area contributed by atoms with Crippen molar-refractivity contribution in [3.8, 4) is 17.6 Å². The summed E-state index contributed by atoms with van der Waals surface area (Å²) in [6.07, 6.45) is 2.10. The van der Waals surface area contributed by atoms with Crippen LogP contribution < -0.4 is 0 Å². The van der Waals surface area contributed by atoms with E-state index in [1.54, 1.807) is 26.1 Å². The molecule has 0 aliphatic heterocycles. The molecule has 0 amide bonds. The molecule has 0 saturated heterocycles. The summed E-state index contributed by atoms with van der Waals surface area (Å²) in [5.74, 6) is 1.38. The molecule has 6 nitrogen and oxygen atoms in total. The minimum absolute atomic E-state index is 0.143. The van der Waals surface area contributed by atoms with Crippen molar-refractivity contribution in [3.05, 3.63) is 24.0 Å². The summed E-state index contributed by atoms with van der Waals surface area (Å²) in [6, 6.07) is 3.84. The first kappa shape index (κ1) is 11.2. The van der Waals surface area contributed by atoms with Gasteiger partial charge in [0.2, 0.25) is 11.7 Å². The van der Waals surface area contributed by atoms with Crippen molar-refractivity contribution >= 4 is 0 Å². The molecule has 0 bridgehead atoms. The van der Waals surface area contributed by atoms with Crippen LogP contribution in [0.25, 0.3) is 11.5 Å². The number of hydrogen-bond donors (Lipinski definition) is 0. The minimum Gasteiger partial charge on any atom is -0.339 e. The lowest BCUT2D eigenvalue weighted by atomic mass is 10.1. The third-order valence-electron chi connectivity index (χ3n) is 2.17. The van der Waals surface area contributed by atoms with Gasteiger partial charge in [0.15, 0.2) is 0 Å². The van der Waals surface area contributed by atoms with E-state index >= 15 is 0 Å². The molecule has 2 aromatic rings. The van der Waals surface area contributed by atoms with Gasteiger partial charge in [-0.15, -0.1) is 0 Å². The lowest BCUT2D eigenvalue weighted by Crippen LogP contribution is -1.96. The minimum atomic E-state index is -0.143. The summed E-state index contributed by atoms with van der Waals surface area (Å²) >= 11 is 0. The fraction of sp³-hybridized carbons (Fsp3) is 0.364. The third-order valence-corrected chi connectivity index (χ3v) is 2.17. The Kier molecular flexibility index (Phi) is 3.10. The number of rotatable bonds is 3. The molecular weight excluding hydrogens is 218 g/mol. The zero-order valence-corrected chi connectivity index (χ0v) is 9.58. The highest BCUT2D eigenvalue weighted by Crippen LogP contribution is 2.14. The maximum Gasteiger partial charge on any atom is 0.228 e. The molecule has 6 heteroatoms. The highest BCUT2D eigenvalue weighted by molar-refractivity contribution is 5.46. The molecular formula is C11H11N5O. The highest BCUT2D eigenvalue weighted by Gasteiger charge is 2.12. The molecule has 2 rings (SSSR count). The third kappa shape index (κ3) is 2.64. The highest BCUT2D eigenvalue weighted by atomic mass is 16.5. The molecule has 0 aliphatic carbocycles. The first-order valence-electron chi connectivity index (χ1n) is 5.21. The topological polar surface area (TPSA) is 88.5 Å². The van der Waals surface area contributed by atoms with E-state index in [0.29, 0.717) is 29.7 Å². The maximum absolute atomic E-state index is 8.70. The molecule has 1 atom stereocenters. The summed E-state index contributed by atoms with van der Waals surface area (Å²) in [7, 11) is 0. The monoisotopic (exact) mass is 229 g/mol. The molecule has 0 aromatic carbocycles. The zero-order valence-electron chi connectivity index (χ0n) is 9.58. The second-order valence-electron chi connectivity index (χ2n) is 3.74. The van der Waals surface area contributed by atoms with Crippen molar-refractivity contribution in [3.63, 3.8) is 0 Å². The van der Waals surface area contributed by atoms with Crippen LogP contribution >= 0.6 is 0 Å². The van der Waals surface area contributed by atoms with Crippen molar-refractivity contribution in [2.24, 2.45) is 5.92 Å². The largest absolute Gasteiger partial charge is 0.339 e. The summed E-state index contributed by atoms with van der Waals surface area (Å²) in [5.41, 5.74) is 0.622. The first-order valence-corrected chi connectivity index (χ1v) is 5.21. The van der Waals surface area contributed by atoms with Gasteiger partial charge in [0, 0.05) is 12.6 Å². The predicted octanol–water partition coefficient (Wildman–Crippen LogP) is 1.54. The Bertz CT molecular complexity index is 557. The van der Waals surface area contributed by atoms with Gasteiger partial charge in [-0.1, -0.05) is 5.16 Å². The molecule has 0 spiro atoms. The number of aromatic nitrogens is 4. The van der Waals surface area contributed by atoms with E-state index < -0.39 is 0 Å². The van der Waals surface area contributed by atoms with E-state index in [2.05, 4.69) is 26.2 Å². The van der Waals surface area contributed by atoms with Crippen LogP contribution in [0.1, 0.15) is 18.6 Å². The molecule has 86 valence electrons. The summed E-state index contributed by atoms with van der Waals surface area (Å²) in [4.78, 5) is 12.4. The van der Waals surface area contributed by atoms with E-state index in [-0.39, 0.29) is 5.92 Å². The van der Waals surface area contributed by atoms with Crippen LogP contribution in [-0.2, 0) is 6.42 Å². The number of hydrogen-bond acceptors (Lipinski definition) is 6. The average Bonchev–Trinajstić information content (AvgIpc) is 2.77. The van der Waals surface area contributed by atoms with Crippen LogP contribution in [0.2, 0.25) is 0 Å². The smallest absolute Gasteiger partial charge is 0.228 e. The van der Waals surface area contributed by atoms with Gasteiger partial charge in [-0.25, -0.2) is 9.97 Å². The van der Waals surface area contributed by atoms with Gasteiger partial charge in [0.05, 0.1) is 12.0 Å². The van der Waals surface area contributed by atoms with Crippen molar-refractivity contribution in [1.29, 1.82) is 5.26 Å². The van der Waals surface area contributed by atoms with Gasteiger partial charge in [0.1, 0.15) is 11.5 Å². The normalized spacial score (nSPS) is 12.1. The quantitative estimate of drug-likeness (QED) is 0.793. The fourth-order valence-electron chi connectivity index (χ4n) is 1.33. The van der Waals surface area contributed by atoms with Crippen LogP contribution in [0.5, 0.6) is 0 Å². The predicted molar refractivity (Wildman–Crippen MR) is 58.5 cm³/mol. The van der Waals surface area contributed by atoms with E-state index in [9.17, 15) is 0 Å². The molecule has 1 unspecified atom stereocenters. The zero-order chi connectivity index (χ0) is 12.3. The summed E-state index contributed by atoms with van der Waals surface area (Å²) in [5, 5.41) is 12.5. The Balaban J connectivity index is 2.21. The van der Waals surface area contributed by atoms with Gasteiger partial charge < -0.3 is 4.52 Å². The standard InChI is InChI=1S/C11H11N5O/c1-7(6-12)5-10-15-11(16-17-10)9-3-4-13-8(2)14-9/h3-4,7H,5H2,1-2H3. The van der Waals surface area contributed by atoms with Crippen molar-refractivity contribution in [2.45, 2.75) is 20.3 Å². The lowest BCUT2D eigenvalue weighted by molar-refractivity contribution is 0.369. The molecule has 0 N–H and O–H groups in total. The van der Waals surface area contributed by atoms with Crippen molar-refractivity contribution < 1.29 is 4.52 Å². The van der Waals surface area contributed by atoms with Gasteiger partial charge in [-0.3, -0.25) is 0 Å². The molecule has 0 aliphatic rings. The van der Waals surface area contributed by atoms with Crippen LogP contribution in [0.15, 0.2) is 16.8 Å². The Labute approximate surface area is 98.3 Å². The van der Waals surface area contributed by atoms with E-state index in [4.69, 9.17) is 9.78 Å². The van der Waals surface area contributed by atoms with Crippen LogP contribution in [0, 0.1) is 24.2 Å². The van der Waals surface area contributed by atoms with Gasteiger partial charge in [0.25, 0.3) is 0 Å². The second kappa shape index (κ2) is 4.70. The molecule has 0 radical (unpaired) electrons. The molecule has 2 heterocycles. The summed E-state index contributed by atoms with van der Waals surface area (Å²) < 4.78 is 5.06. The fourth-order valence-corrected chi connectivity index (χ4v) is 1.33. The first-order chi connectivity index (χ1) is 8.19. The molecule has 0 saturated carbocycles. The van der Waals surface area contributed by atoms with Crippen molar-refractivity contribution in [2.75, 3.05) is 0 Å². The SMILES string of the molecule is Cc1nccc(-c2noc(CC(C)C#N)n2)n1. The number of aryl methyl sites for hydroxylation is 1. The van der Waals surface area contributed by atoms with Gasteiger partial charge in [-0.05, 0) is 19.9 Å². The van der Waals surface area contributed by atoms with Gasteiger partial charge >= 0.3 is 0 Å². The summed E-state index contributed by atoms with van der Waals surface area (Å²) in [6.45, 7) is 3.60. The molecule has 0 fully saturated rings. The Hall–Kier alpha value is -2.29. The van der Waals surface area contributed by atoms with Crippen LogP contribution in [0.3, 0.4) is 0 Å². The Morgan fingerprint density at radius 1 is 1.47 bits per heavy atom. The van der Waals surface area contributed by atoms with Crippen LogP contribution in [-0.4, -0.2) is 20.1 Å². The van der Waals surface area contributed by atoms with Crippen molar-refractivity contribution in [1.82, 2.24) is 20.1 Å². The Morgan fingerprint density at radius 3 is 3.00 bits per heavy atom. The van der Waals surface area contributed by atoms with E-state index in [0.717, 1.165) is 0 Å².